The van der Waals surface area contributed by atoms with Crippen LogP contribution in [0.5, 0.6) is 5.75 Å². The third kappa shape index (κ3) is 5.31. The van der Waals surface area contributed by atoms with Crippen molar-refractivity contribution in [3.05, 3.63) is 47.9 Å². The van der Waals surface area contributed by atoms with Gasteiger partial charge in [0.2, 0.25) is 0 Å². The minimum atomic E-state index is -0.569. The van der Waals surface area contributed by atoms with Crippen LogP contribution in [0.3, 0.4) is 0 Å². The number of rotatable bonds is 5. The molecule has 2 aromatic rings. The maximum atomic E-state index is 11.1. The van der Waals surface area contributed by atoms with E-state index >= 15 is 0 Å². The summed E-state index contributed by atoms with van der Waals surface area (Å²) >= 11 is 0. The monoisotopic (exact) mass is 499 g/mol. The maximum Gasteiger partial charge on any atom is 0.284 e. The lowest BCUT2D eigenvalue weighted by Crippen LogP contribution is -2.52. The fourth-order valence-electron chi connectivity index (χ4n) is 3.07. The van der Waals surface area contributed by atoms with Crippen molar-refractivity contribution < 1.29 is 13.9 Å². The zero-order valence-corrected chi connectivity index (χ0v) is 18.4. The van der Waals surface area contributed by atoms with Gasteiger partial charge < -0.3 is 30.0 Å². The van der Waals surface area contributed by atoms with Crippen molar-refractivity contribution in [3.63, 3.8) is 0 Å². The molecule has 1 aromatic heterocycles. The highest BCUT2D eigenvalue weighted by molar-refractivity contribution is 14.0. The van der Waals surface area contributed by atoms with Gasteiger partial charge >= 0.3 is 0 Å². The van der Waals surface area contributed by atoms with E-state index < -0.39 is 5.91 Å². The first-order valence-corrected chi connectivity index (χ1v) is 8.84. The number of nitrogens with one attached hydrogen (secondary N) is 1. The van der Waals surface area contributed by atoms with Gasteiger partial charge in [-0.1, -0.05) is 0 Å². The van der Waals surface area contributed by atoms with E-state index in [9.17, 15) is 4.79 Å². The van der Waals surface area contributed by atoms with Gasteiger partial charge in [-0.25, -0.2) is 0 Å². The molecule has 1 aliphatic heterocycles. The van der Waals surface area contributed by atoms with E-state index in [1.807, 2.05) is 12.1 Å². The predicted octanol–water partition coefficient (Wildman–Crippen LogP) is 1.90. The molecule has 2 heterocycles. The summed E-state index contributed by atoms with van der Waals surface area (Å²) in [6.45, 7) is 3.96. The molecule has 0 atom stereocenters. The first-order chi connectivity index (χ1) is 13.1. The number of hydrogen-bond acceptors (Lipinski definition) is 5. The second-order valence-corrected chi connectivity index (χ2v) is 6.20. The maximum absolute atomic E-state index is 11.1. The van der Waals surface area contributed by atoms with Gasteiger partial charge in [-0.05, 0) is 36.4 Å². The highest BCUT2D eigenvalue weighted by Crippen LogP contribution is 2.20. The summed E-state index contributed by atoms with van der Waals surface area (Å²) in [5.74, 6) is 1.90. The third-order valence-corrected chi connectivity index (χ3v) is 4.55. The highest BCUT2D eigenvalue weighted by Gasteiger charge is 2.20. The van der Waals surface area contributed by atoms with Gasteiger partial charge in [0.1, 0.15) is 11.5 Å². The van der Waals surface area contributed by atoms with Crippen molar-refractivity contribution in [2.24, 2.45) is 10.7 Å². The molecule has 0 saturated carbocycles. The van der Waals surface area contributed by atoms with Crippen LogP contribution in [0.2, 0.25) is 0 Å². The summed E-state index contributed by atoms with van der Waals surface area (Å²) in [7, 11) is 3.43. The Balaban J connectivity index is 0.00000280. The Bertz CT molecular complexity index is 798. The number of benzene rings is 1. The molecular weight excluding hydrogens is 473 g/mol. The molecule has 8 nitrogen and oxygen atoms in total. The molecule has 1 amide bonds. The van der Waals surface area contributed by atoms with Gasteiger partial charge in [0, 0.05) is 38.9 Å². The number of hydrogen-bond donors (Lipinski definition) is 2. The van der Waals surface area contributed by atoms with Crippen LogP contribution in [0.25, 0.3) is 0 Å². The Morgan fingerprint density at radius 2 is 1.86 bits per heavy atom. The largest absolute Gasteiger partial charge is 0.497 e. The summed E-state index contributed by atoms with van der Waals surface area (Å²) < 4.78 is 10.6. The third-order valence-electron chi connectivity index (χ3n) is 4.55. The van der Waals surface area contributed by atoms with Gasteiger partial charge in [0.05, 0.1) is 13.7 Å². The number of amides is 1. The Hall–Kier alpha value is -2.43. The summed E-state index contributed by atoms with van der Waals surface area (Å²) in [5.41, 5.74) is 6.39. The average Bonchev–Trinajstić information content (AvgIpc) is 3.18. The van der Waals surface area contributed by atoms with E-state index in [1.54, 1.807) is 26.3 Å². The molecule has 3 rings (SSSR count). The normalized spacial score (nSPS) is 14.4. The van der Waals surface area contributed by atoms with E-state index in [-0.39, 0.29) is 29.7 Å². The van der Waals surface area contributed by atoms with E-state index in [4.69, 9.17) is 14.9 Å². The molecular formula is C19H26IN5O3. The number of carbonyl (C=O) groups is 1. The average molecular weight is 499 g/mol. The van der Waals surface area contributed by atoms with Crippen molar-refractivity contribution in [2.45, 2.75) is 6.54 Å². The zero-order chi connectivity index (χ0) is 19.2. The van der Waals surface area contributed by atoms with Crippen molar-refractivity contribution in [3.8, 4) is 5.75 Å². The van der Waals surface area contributed by atoms with Crippen LogP contribution in [0, 0.1) is 0 Å². The number of nitrogens with two attached hydrogens (primary N) is 1. The number of primary amides is 1. The molecule has 0 aliphatic carbocycles. The molecule has 152 valence electrons. The first-order valence-electron chi connectivity index (χ1n) is 8.84. The van der Waals surface area contributed by atoms with Gasteiger partial charge in [-0.2, -0.15) is 0 Å². The number of nitrogens with zero attached hydrogens (tertiary/aromatic N) is 3. The zero-order valence-electron chi connectivity index (χ0n) is 16.1. The minimum Gasteiger partial charge on any atom is -0.497 e. The van der Waals surface area contributed by atoms with Gasteiger partial charge in [-0.15, -0.1) is 24.0 Å². The van der Waals surface area contributed by atoms with Crippen molar-refractivity contribution in [1.82, 2.24) is 10.2 Å². The van der Waals surface area contributed by atoms with Crippen molar-refractivity contribution in [1.29, 1.82) is 0 Å². The number of anilines is 1. The second-order valence-electron chi connectivity index (χ2n) is 6.20. The lowest BCUT2D eigenvalue weighted by Gasteiger charge is -2.37. The summed E-state index contributed by atoms with van der Waals surface area (Å²) in [6.07, 6.45) is 0. The lowest BCUT2D eigenvalue weighted by molar-refractivity contribution is 0.0972. The Morgan fingerprint density at radius 3 is 2.39 bits per heavy atom. The van der Waals surface area contributed by atoms with Gasteiger partial charge in [0.25, 0.3) is 5.91 Å². The number of furan rings is 1. The van der Waals surface area contributed by atoms with Crippen LogP contribution in [0.15, 0.2) is 45.8 Å². The number of ether oxygens (including phenoxy) is 1. The van der Waals surface area contributed by atoms with Crippen LogP contribution in [-0.4, -0.2) is 57.1 Å². The molecule has 1 aromatic carbocycles. The van der Waals surface area contributed by atoms with Gasteiger partial charge in [-0.3, -0.25) is 9.79 Å². The lowest BCUT2D eigenvalue weighted by atomic mass is 10.2. The number of aliphatic imine (C=N–C) groups is 1. The molecule has 3 N–H and O–H groups in total. The molecule has 0 unspecified atom stereocenters. The van der Waals surface area contributed by atoms with Crippen molar-refractivity contribution >= 4 is 41.5 Å². The topological polar surface area (TPSA) is 96.3 Å². The quantitative estimate of drug-likeness (QED) is 0.371. The number of halogens is 1. The molecule has 1 saturated heterocycles. The first kappa shape index (κ1) is 21.9. The summed E-state index contributed by atoms with van der Waals surface area (Å²) in [4.78, 5) is 20.0. The Labute approximate surface area is 181 Å². The smallest absolute Gasteiger partial charge is 0.284 e. The standard InChI is InChI=1S/C19H25N5O3.HI/c1-21-19(22-13-16-7-8-17(27-16)18(20)25)24-11-9-23(10-12-24)14-3-5-15(26-2)6-4-14;/h3-8H,9-13H2,1-2H3,(H2,20,25)(H,21,22);1H. The van der Waals surface area contributed by atoms with Crippen LogP contribution in [0.1, 0.15) is 16.3 Å². The molecule has 1 fully saturated rings. The Kier molecular flexibility index (Phi) is 7.97. The fourth-order valence-corrected chi connectivity index (χ4v) is 3.07. The fraction of sp³-hybridized carbons (Fsp3) is 0.368. The van der Waals surface area contributed by atoms with E-state index in [0.717, 1.165) is 37.9 Å². The number of methoxy groups -OCH3 is 1. The molecule has 1 aliphatic rings. The summed E-state index contributed by atoms with van der Waals surface area (Å²) in [5, 5.41) is 3.27. The van der Waals surface area contributed by atoms with Gasteiger partial charge in [0.15, 0.2) is 11.7 Å². The highest BCUT2D eigenvalue weighted by atomic mass is 127. The van der Waals surface area contributed by atoms with Crippen LogP contribution < -0.4 is 20.7 Å². The van der Waals surface area contributed by atoms with E-state index in [1.165, 1.54) is 5.69 Å². The Morgan fingerprint density at radius 1 is 1.18 bits per heavy atom. The number of carbonyl (C=O) groups excluding carboxylic acids is 1. The molecule has 0 radical (unpaired) electrons. The minimum absolute atomic E-state index is 0. The van der Waals surface area contributed by atoms with Crippen molar-refractivity contribution in [2.75, 3.05) is 45.2 Å². The number of piperazine rings is 1. The van der Waals surface area contributed by atoms with Crippen LogP contribution in [0.4, 0.5) is 5.69 Å². The number of guanidine groups is 1. The van der Waals surface area contributed by atoms with Crippen LogP contribution >= 0.6 is 24.0 Å². The molecule has 0 bridgehead atoms. The van der Waals surface area contributed by atoms with E-state index in [0.29, 0.717) is 12.3 Å². The van der Waals surface area contributed by atoms with E-state index in [2.05, 4.69) is 32.2 Å². The molecule has 9 heteroatoms. The SMILES string of the molecule is CN=C(NCc1ccc(C(N)=O)o1)N1CCN(c2ccc(OC)cc2)CC1.I. The second kappa shape index (κ2) is 10.2. The predicted molar refractivity (Wildman–Crippen MR) is 120 cm³/mol. The molecule has 28 heavy (non-hydrogen) atoms. The summed E-state index contributed by atoms with van der Waals surface area (Å²) in [6, 6.07) is 11.4. The van der Waals surface area contributed by atoms with Crippen LogP contribution in [-0.2, 0) is 6.54 Å². The molecule has 0 spiro atoms.